The van der Waals surface area contributed by atoms with Crippen LogP contribution < -0.4 is 11.2 Å². The van der Waals surface area contributed by atoms with E-state index in [-0.39, 0.29) is 12.2 Å². The lowest BCUT2D eigenvalue weighted by molar-refractivity contribution is 0.635. The standard InChI is InChI=1S/C10H9N3O2/c1-11-6-13-9(14)7-4-3-5-8(7)12(2)10(13)15/h3,5H,4,6H2,2H3. The van der Waals surface area contributed by atoms with Crippen LogP contribution in [0.25, 0.3) is 10.9 Å². The van der Waals surface area contributed by atoms with Gasteiger partial charge < -0.3 is 0 Å². The highest BCUT2D eigenvalue weighted by Crippen LogP contribution is 2.12. The Labute approximate surface area is 85.7 Å². The van der Waals surface area contributed by atoms with Gasteiger partial charge in [0.2, 0.25) is 0 Å². The summed E-state index contributed by atoms with van der Waals surface area (Å²) in [5.74, 6) is 0. The average Bonchev–Trinajstić information content (AvgIpc) is 2.70. The predicted octanol–water partition coefficient (Wildman–Crippen LogP) is -0.00691. The monoisotopic (exact) mass is 203 g/mol. The predicted molar refractivity (Wildman–Crippen MR) is 55.3 cm³/mol. The Hall–Kier alpha value is -2.09. The molecule has 5 heteroatoms. The van der Waals surface area contributed by atoms with Crippen molar-refractivity contribution in [2.45, 2.75) is 13.1 Å². The van der Waals surface area contributed by atoms with E-state index in [4.69, 9.17) is 6.57 Å². The maximum absolute atomic E-state index is 11.8. The minimum Gasteiger partial charge on any atom is -0.296 e. The third-order valence-electron chi connectivity index (χ3n) is 2.50. The quantitative estimate of drug-likeness (QED) is 0.603. The van der Waals surface area contributed by atoms with Crippen molar-refractivity contribution in [3.05, 3.63) is 49.6 Å². The third kappa shape index (κ3) is 1.22. The van der Waals surface area contributed by atoms with Gasteiger partial charge in [0.1, 0.15) is 0 Å². The molecular formula is C10H9N3O2. The van der Waals surface area contributed by atoms with Crippen LogP contribution >= 0.6 is 0 Å². The molecule has 1 aromatic rings. The molecule has 0 N–H and O–H groups in total. The third-order valence-corrected chi connectivity index (χ3v) is 2.50. The Bertz CT molecular complexity index is 599. The second kappa shape index (κ2) is 3.24. The van der Waals surface area contributed by atoms with Gasteiger partial charge in [0.05, 0.1) is 5.69 Å². The number of nitrogens with zero attached hydrogens (tertiary/aromatic N) is 3. The van der Waals surface area contributed by atoms with E-state index in [9.17, 15) is 9.59 Å². The van der Waals surface area contributed by atoms with Gasteiger partial charge in [0.15, 0.2) is 0 Å². The van der Waals surface area contributed by atoms with Gasteiger partial charge in [-0.25, -0.2) is 11.4 Å². The number of aromatic nitrogens is 2. The molecule has 0 fully saturated rings. The summed E-state index contributed by atoms with van der Waals surface area (Å²) in [4.78, 5) is 26.6. The molecule has 15 heavy (non-hydrogen) atoms. The molecular weight excluding hydrogens is 194 g/mol. The number of hydrogen-bond acceptors (Lipinski definition) is 2. The van der Waals surface area contributed by atoms with E-state index in [2.05, 4.69) is 4.85 Å². The van der Waals surface area contributed by atoms with Crippen molar-refractivity contribution in [1.82, 2.24) is 9.13 Å². The Kier molecular flexibility index (Phi) is 2.05. The van der Waals surface area contributed by atoms with E-state index >= 15 is 0 Å². The molecule has 0 unspecified atom stereocenters. The highest BCUT2D eigenvalue weighted by Gasteiger charge is 2.18. The van der Waals surface area contributed by atoms with Gasteiger partial charge in [-0.3, -0.25) is 14.2 Å². The van der Waals surface area contributed by atoms with Crippen molar-refractivity contribution < 1.29 is 0 Å². The van der Waals surface area contributed by atoms with E-state index in [1.54, 1.807) is 13.1 Å². The van der Waals surface area contributed by atoms with Gasteiger partial charge in [0, 0.05) is 12.6 Å². The van der Waals surface area contributed by atoms with Crippen molar-refractivity contribution in [2.75, 3.05) is 0 Å². The summed E-state index contributed by atoms with van der Waals surface area (Å²) in [6.07, 6.45) is 4.15. The molecule has 5 nitrogen and oxygen atoms in total. The highest BCUT2D eigenvalue weighted by molar-refractivity contribution is 5.55. The van der Waals surface area contributed by atoms with Crippen LogP contribution in [0.3, 0.4) is 0 Å². The summed E-state index contributed by atoms with van der Waals surface area (Å²) in [6, 6.07) is 0. The van der Waals surface area contributed by atoms with Gasteiger partial charge in [0.25, 0.3) is 12.2 Å². The first-order valence-corrected chi connectivity index (χ1v) is 4.49. The Morgan fingerprint density at radius 3 is 2.93 bits per heavy atom. The summed E-state index contributed by atoms with van der Waals surface area (Å²) in [7, 11) is 1.61. The summed E-state index contributed by atoms with van der Waals surface area (Å²) in [5, 5.41) is 0. The molecule has 0 aromatic carbocycles. The molecule has 0 radical (unpaired) electrons. The summed E-state index contributed by atoms with van der Waals surface area (Å²) in [5.41, 5.74) is 0.488. The smallest absolute Gasteiger partial charge is 0.296 e. The molecule has 0 aliphatic heterocycles. The molecule has 0 amide bonds. The van der Waals surface area contributed by atoms with Gasteiger partial charge in [-0.1, -0.05) is 6.08 Å². The van der Waals surface area contributed by atoms with Crippen LogP contribution in [-0.2, 0) is 20.1 Å². The van der Waals surface area contributed by atoms with Gasteiger partial charge in [-0.2, -0.15) is 4.57 Å². The second-order valence-corrected chi connectivity index (χ2v) is 3.34. The van der Waals surface area contributed by atoms with E-state index in [1.807, 2.05) is 6.08 Å². The number of hydrogen-bond donors (Lipinski definition) is 0. The Balaban J connectivity index is 2.84. The largest absolute Gasteiger partial charge is 0.337 e. The molecule has 0 spiro atoms. The lowest BCUT2D eigenvalue weighted by Crippen LogP contribution is -2.41. The first-order valence-electron chi connectivity index (χ1n) is 4.49. The first kappa shape index (κ1) is 9.46. The topological polar surface area (TPSA) is 48.4 Å². The molecule has 1 heterocycles. The van der Waals surface area contributed by atoms with E-state index < -0.39 is 5.69 Å². The molecule has 0 saturated heterocycles. The normalized spacial score (nSPS) is 12.5. The zero-order valence-corrected chi connectivity index (χ0v) is 8.23. The average molecular weight is 203 g/mol. The highest BCUT2D eigenvalue weighted by atomic mass is 16.2. The molecule has 2 rings (SSSR count). The first-order chi connectivity index (χ1) is 7.16. The van der Waals surface area contributed by atoms with E-state index in [1.165, 1.54) is 4.57 Å². The molecule has 0 atom stereocenters. The zero-order chi connectivity index (χ0) is 11.0. The molecule has 1 aliphatic carbocycles. The van der Waals surface area contributed by atoms with Crippen LogP contribution in [0, 0.1) is 6.57 Å². The number of allylic oxidation sites excluding steroid dienone is 1. The van der Waals surface area contributed by atoms with Crippen molar-refractivity contribution >= 4 is 6.08 Å². The summed E-state index contributed by atoms with van der Waals surface area (Å²) >= 11 is 0. The van der Waals surface area contributed by atoms with Crippen LogP contribution in [0.5, 0.6) is 0 Å². The van der Waals surface area contributed by atoms with Crippen LogP contribution in [0.4, 0.5) is 0 Å². The van der Waals surface area contributed by atoms with Crippen molar-refractivity contribution in [2.24, 2.45) is 7.05 Å². The molecule has 76 valence electrons. The van der Waals surface area contributed by atoms with Crippen molar-refractivity contribution in [3.63, 3.8) is 0 Å². The minimum absolute atomic E-state index is 0.210. The maximum atomic E-state index is 11.8. The number of rotatable bonds is 1. The Morgan fingerprint density at radius 2 is 2.27 bits per heavy atom. The van der Waals surface area contributed by atoms with E-state index in [0.29, 0.717) is 17.7 Å². The Morgan fingerprint density at radius 1 is 1.53 bits per heavy atom. The zero-order valence-electron chi connectivity index (χ0n) is 8.23. The van der Waals surface area contributed by atoms with Crippen LogP contribution in [-0.4, -0.2) is 9.13 Å². The van der Waals surface area contributed by atoms with E-state index in [0.717, 1.165) is 4.57 Å². The van der Waals surface area contributed by atoms with Gasteiger partial charge in [-0.15, -0.1) is 0 Å². The van der Waals surface area contributed by atoms with Crippen LogP contribution in [0.1, 0.15) is 11.3 Å². The molecule has 0 saturated carbocycles. The second-order valence-electron chi connectivity index (χ2n) is 3.34. The molecule has 1 aliphatic rings. The van der Waals surface area contributed by atoms with Crippen LogP contribution in [0.15, 0.2) is 15.7 Å². The SMILES string of the molecule is [C-]#[N+]Cn1c(=O)c2c(n(C)c1=O)C=CC2. The fourth-order valence-corrected chi connectivity index (χ4v) is 1.73. The molecule has 1 aromatic heterocycles. The summed E-state index contributed by atoms with van der Waals surface area (Å²) in [6.45, 7) is 6.49. The van der Waals surface area contributed by atoms with Crippen molar-refractivity contribution in [1.29, 1.82) is 0 Å². The maximum Gasteiger partial charge on any atom is 0.337 e. The fourth-order valence-electron chi connectivity index (χ4n) is 1.73. The van der Waals surface area contributed by atoms with Crippen LogP contribution in [0.2, 0.25) is 0 Å². The lowest BCUT2D eigenvalue weighted by atomic mass is 10.2. The van der Waals surface area contributed by atoms with Crippen molar-refractivity contribution in [3.8, 4) is 0 Å². The lowest BCUT2D eigenvalue weighted by Gasteiger charge is -2.07. The van der Waals surface area contributed by atoms with Gasteiger partial charge >= 0.3 is 5.69 Å². The fraction of sp³-hybridized carbons (Fsp3) is 0.300. The van der Waals surface area contributed by atoms with Gasteiger partial charge in [-0.05, 0) is 12.5 Å². The number of fused-ring (bicyclic) bond motifs is 1. The molecule has 0 bridgehead atoms. The minimum atomic E-state index is -0.429. The summed E-state index contributed by atoms with van der Waals surface area (Å²) < 4.78 is 2.38.